The summed E-state index contributed by atoms with van der Waals surface area (Å²) in [5, 5.41) is 0. The average molecular weight is 229 g/mol. The molecule has 0 atom stereocenters. The Balaban J connectivity index is -0.000000500. The van der Waals surface area contributed by atoms with Crippen LogP contribution < -0.4 is 0 Å². The van der Waals surface area contributed by atoms with Crippen molar-refractivity contribution in [2.75, 3.05) is 19.6 Å². The van der Waals surface area contributed by atoms with E-state index in [-0.39, 0.29) is 24.8 Å². The van der Waals surface area contributed by atoms with Gasteiger partial charge >= 0.3 is 0 Å². The molecule has 4 heteroatoms. The van der Waals surface area contributed by atoms with Gasteiger partial charge in [0.2, 0.25) is 0 Å². The lowest BCUT2D eigenvalue weighted by molar-refractivity contribution is 0.427. The van der Waals surface area contributed by atoms with Crippen LogP contribution in [0.1, 0.15) is 33.6 Å². The van der Waals surface area contributed by atoms with Gasteiger partial charge in [-0.05, 0) is 19.8 Å². The molecule has 0 aromatic rings. The van der Waals surface area contributed by atoms with E-state index >= 15 is 0 Å². The molecule has 13 heavy (non-hydrogen) atoms. The van der Waals surface area contributed by atoms with Crippen LogP contribution in [0.25, 0.3) is 0 Å². The first-order chi connectivity index (χ1) is 5.35. The smallest absolute Gasteiger partial charge is 0.0849 e. The maximum Gasteiger partial charge on any atom is 0.0849 e. The number of hydrogen-bond donors (Lipinski definition) is 0. The second-order valence-corrected chi connectivity index (χ2v) is 2.65. The molecule has 0 spiro atoms. The van der Waals surface area contributed by atoms with E-state index in [2.05, 4.69) is 30.7 Å². The van der Waals surface area contributed by atoms with Crippen LogP contribution in [0, 0.1) is 0 Å². The van der Waals surface area contributed by atoms with Crippen molar-refractivity contribution in [1.29, 1.82) is 0 Å². The Labute approximate surface area is 94.6 Å². The van der Waals surface area contributed by atoms with E-state index in [1.165, 1.54) is 12.8 Å². The largest absolute Gasteiger partial charge is 0.363 e. The van der Waals surface area contributed by atoms with Gasteiger partial charge in [0.15, 0.2) is 0 Å². The minimum Gasteiger partial charge on any atom is -0.363 e. The SMILES string of the molecule is CCCN(C=NCC)CCC.Cl.Cl. The molecule has 0 bridgehead atoms. The van der Waals surface area contributed by atoms with Crippen LogP contribution in [0.5, 0.6) is 0 Å². The quantitative estimate of drug-likeness (QED) is 0.505. The predicted octanol–water partition coefficient (Wildman–Crippen LogP) is 3.00. The molecule has 0 aliphatic carbocycles. The van der Waals surface area contributed by atoms with E-state index in [0.29, 0.717) is 0 Å². The number of halogens is 2. The highest BCUT2D eigenvalue weighted by Gasteiger charge is 1.93. The summed E-state index contributed by atoms with van der Waals surface area (Å²) >= 11 is 0. The van der Waals surface area contributed by atoms with Gasteiger partial charge < -0.3 is 4.90 Å². The van der Waals surface area contributed by atoms with Crippen molar-refractivity contribution in [2.24, 2.45) is 4.99 Å². The molecule has 0 aliphatic rings. The van der Waals surface area contributed by atoms with Crippen LogP contribution >= 0.6 is 24.8 Å². The molecule has 0 rings (SSSR count). The Hall–Kier alpha value is 0.0500. The molecule has 0 saturated heterocycles. The first-order valence-electron chi connectivity index (χ1n) is 4.59. The molecule has 0 aromatic carbocycles. The standard InChI is InChI=1S/C9H20N2.2ClH/c1-4-7-11(8-5-2)9-10-6-3;;/h9H,4-8H2,1-3H3;2*1H. The molecule has 0 radical (unpaired) electrons. The van der Waals surface area contributed by atoms with Crippen LogP contribution in [0.15, 0.2) is 4.99 Å². The lowest BCUT2D eigenvalue weighted by Gasteiger charge is -2.16. The van der Waals surface area contributed by atoms with E-state index in [1.54, 1.807) is 0 Å². The van der Waals surface area contributed by atoms with Crippen molar-refractivity contribution >= 4 is 31.2 Å². The van der Waals surface area contributed by atoms with E-state index in [9.17, 15) is 0 Å². The second-order valence-electron chi connectivity index (χ2n) is 2.65. The Kier molecular flexibility index (Phi) is 21.0. The summed E-state index contributed by atoms with van der Waals surface area (Å²) in [5.74, 6) is 0. The van der Waals surface area contributed by atoms with Gasteiger partial charge in [-0.15, -0.1) is 24.8 Å². The fourth-order valence-corrected chi connectivity index (χ4v) is 0.999. The summed E-state index contributed by atoms with van der Waals surface area (Å²) in [6.45, 7) is 9.62. The topological polar surface area (TPSA) is 15.6 Å². The molecule has 0 aliphatic heterocycles. The molecule has 0 N–H and O–H groups in total. The van der Waals surface area contributed by atoms with Gasteiger partial charge in [0.1, 0.15) is 0 Å². The van der Waals surface area contributed by atoms with Gasteiger partial charge in [-0.1, -0.05) is 13.8 Å². The molecular formula is C9H22Cl2N2. The van der Waals surface area contributed by atoms with Crippen LogP contribution in [-0.4, -0.2) is 30.9 Å². The zero-order valence-corrected chi connectivity index (χ0v) is 10.5. The third-order valence-corrected chi connectivity index (χ3v) is 1.45. The van der Waals surface area contributed by atoms with E-state index in [4.69, 9.17) is 0 Å². The molecule has 0 amide bonds. The monoisotopic (exact) mass is 228 g/mol. The summed E-state index contributed by atoms with van der Waals surface area (Å²) in [6.07, 6.45) is 4.39. The lowest BCUT2D eigenvalue weighted by Crippen LogP contribution is -2.23. The summed E-state index contributed by atoms with van der Waals surface area (Å²) in [4.78, 5) is 6.49. The van der Waals surface area contributed by atoms with Gasteiger partial charge in [-0.2, -0.15) is 0 Å². The predicted molar refractivity (Wildman–Crippen MR) is 65.7 cm³/mol. The van der Waals surface area contributed by atoms with Gasteiger partial charge in [-0.3, -0.25) is 4.99 Å². The summed E-state index contributed by atoms with van der Waals surface area (Å²) in [6, 6.07) is 0. The van der Waals surface area contributed by atoms with E-state index in [0.717, 1.165) is 19.6 Å². The van der Waals surface area contributed by atoms with E-state index in [1.807, 2.05) is 6.34 Å². The minimum atomic E-state index is 0. The van der Waals surface area contributed by atoms with Crippen LogP contribution in [-0.2, 0) is 0 Å². The minimum absolute atomic E-state index is 0. The Bertz CT molecular complexity index is 102. The third-order valence-electron chi connectivity index (χ3n) is 1.45. The second kappa shape index (κ2) is 14.6. The van der Waals surface area contributed by atoms with E-state index < -0.39 is 0 Å². The molecule has 82 valence electrons. The molecular weight excluding hydrogens is 207 g/mol. The molecule has 0 heterocycles. The van der Waals surface area contributed by atoms with Crippen LogP contribution in [0.2, 0.25) is 0 Å². The number of aliphatic imine (C=N–C) groups is 1. The maximum absolute atomic E-state index is 4.21. The van der Waals surface area contributed by atoms with Gasteiger partial charge in [0.05, 0.1) is 6.34 Å². The molecule has 0 aromatic heterocycles. The zero-order valence-electron chi connectivity index (χ0n) is 8.82. The highest BCUT2D eigenvalue weighted by Crippen LogP contribution is 1.89. The number of hydrogen-bond acceptors (Lipinski definition) is 1. The summed E-state index contributed by atoms with van der Waals surface area (Å²) < 4.78 is 0. The molecule has 0 saturated carbocycles. The highest BCUT2D eigenvalue weighted by molar-refractivity contribution is 5.85. The first kappa shape index (κ1) is 18.8. The van der Waals surface area contributed by atoms with Crippen molar-refractivity contribution in [3.05, 3.63) is 0 Å². The van der Waals surface area contributed by atoms with Crippen molar-refractivity contribution in [2.45, 2.75) is 33.6 Å². The third kappa shape index (κ3) is 12.1. The molecule has 0 fully saturated rings. The van der Waals surface area contributed by atoms with Gasteiger partial charge in [-0.25, -0.2) is 0 Å². The van der Waals surface area contributed by atoms with Crippen molar-refractivity contribution < 1.29 is 0 Å². The van der Waals surface area contributed by atoms with Crippen LogP contribution in [0.3, 0.4) is 0 Å². The number of rotatable bonds is 6. The summed E-state index contributed by atoms with van der Waals surface area (Å²) in [5.41, 5.74) is 0. The number of nitrogens with zero attached hydrogens (tertiary/aromatic N) is 2. The lowest BCUT2D eigenvalue weighted by atomic mass is 10.4. The van der Waals surface area contributed by atoms with Crippen LogP contribution in [0.4, 0.5) is 0 Å². The first-order valence-corrected chi connectivity index (χ1v) is 4.59. The van der Waals surface area contributed by atoms with Crippen molar-refractivity contribution in [1.82, 2.24) is 4.90 Å². The highest BCUT2D eigenvalue weighted by atomic mass is 35.5. The summed E-state index contributed by atoms with van der Waals surface area (Å²) in [7, 11) is 0. The normalized spacial score (nSPS) is 9.15. The molecule has 2 nitrogen and oxygen atoms in total. The fourth-order valence-electron chi connectivity index (χ4n) is 0.999. The zero-order chi connectivity index (χ0) is 8.53. The van der Waals surface area contributed by atoms with Crippen molar-refractivity contribution in [3.8, 4) is 0 Å². The van der Waals surface area contributed by atoms with Gasteiger partial charge in [0.25, 0.3) is 0 Å². The molecule has 0 unspecified atom stereocenters. The average Bonchev–Trinajstić information content (AvgIpc) is 2.01. The Morgan fingerprint density at radius 1 is 1.00 bits per heavy atom. The van der Waals surface area contributed by atoms with Gasteiger partial charge in [0, 0.05) is 19.6 Å². The maximum atomic E-state index is 4.21. The Morgan fingerprint density at radius 2 is 1.46 bits per heavy atom. The fraction of sp³-hybridized carbons (Fsp3) is 0.889. The Morgan fingerprint density at radius 3 is 1.77 bits per heavy atom. The van der Waals surface area contributed by atoms with Crippen molar-refractivity contribution in [3.63, 3.8) is 0 Å².